The summed E-state index contributed by atoms with van der Waals surface area (Å²) in [5.74, 6) is -0.276. The van der Waals surface area contributed by atoms with Crippen LogP contribution in [0.5, 0.6) is 0 Å². The van der Waals surface area contributed by atoms with Crippen LogP contribution in [-0.2, 0) is 0 Å². The zero-order chi connectivity index (χ0) is 18.7. The average molecular weight is 383 g/mol. The molecule has 1 aliphatic rings. The minimum absolute atomic E-state index is 0.0491. The Morgan fingerprint density at radius 1 is 1.31 bits per heavy atom. The highest BCUT2D eigenvalue weighted by atomic mass is 35.5. The van der Waals surface area contributed by atoms with Gasteiger partial charge in [-0.25, -0.2) is 13.5 Å². The molecule has 140 valence electrons. The summed E-state index contributed by atoms with van der Waals surface area (Å²) in [6, 6.07) is 9.30. The molecule has 0 saturated carbocycles. The van der Waals surface area contributed by atoms with Gasteiger partial charge in [0.2, 0.25) is 0 Å². The first kappa shape index (κ1) is 18.8. The predicted molar refractivity (Wildman–Crippen MR) is 96.2 cm³/mol. The van der Waals surface area contributed by atoms with E-state index in [0.717, 1.165) is 5.69 Å². The Balaban J connectivity index is 1.67. The summed E-state index contributed by atoms with van der Waals surface area (Å²) in [4.78, 5) is 14.4. The molecule has 1 aromatic carbocycles. The standard InChI is InChI=1S/C18H21ClF2N4O/c1-12-16(17(19)25(23-12)14-5-3-2-4-6-14)18(26)22-13-7-9-24(10-8-13)11-15(20)21/h2-6,13,15H,7-11H2,1H3,(H,22,26). The fourth-order valence-corrected chi connectivity index (χ4v) is 3.57. The molecule has 1 N–H and O–H groups in total. The van der Waals surface area contributed by atoms with Crippen LogP contribution in [0.4, 0.5) is 8.78 Å². The van der Waals surface area contributed by atoms with Gasteiger partial charge >= 0.3 is 0 Å². The van der Waals surface area contributed by atoms with Crippen LogP contribution < -0.4 is 5.32 Å². The van der Waals surface area contributed by atoms with Crippen molar-refractivity contribution in [3.63, 3.8) is 0 Å². The molecule has 1 saturated heterocycles. The lowest BCUT2D eigenvalue weighted by molar-refractivity contribution is 0.0696. The summed E-state index contributed by atoms with van der Waals surface area (Å²) in [6.07, 6.45) is -1.05. The zero-order valence-corrected chi connectivity index (χ0v) is 15.2. The van der Waals surface area contributed by atoms with Gasteiger partial charge in [0.15, 0.2) is 0 Å². The van der Waals surface area contributed by atoms with Crippen LogP contribution in [0.25, 0.3) is 5.69 Å². The highest BCUT2D eigenvalue weighted by Gasteiger charge is 2.26. The normalized spacial score (nSPS) is 16.2. The van der Waals surface area contributed by atoms with Crippen LogP contribution in [-0.4, -0.2) is 52.7 Å². The summed E-state index contributed by atoms with van der Waals surface area (Å²) in [7, 11) is 0. The second kappa shape index (κ2) is 8.14. The molecule has 1 aromatic heterocycles. The molecule has 5 nitrogen and oxygen atoms in total. The van der Waals surface area contributed by atoms with E-state index in [2.05, 4.69) is 10.4 Å². The number of carbonyl (C=O) groups excluding carboxylic acids is 1. The third kappa shape index (κ3) is 4.22. The lowest BCUT2D eigenvalue weighted by Gasteiger charge is -2.32. The molecule has 0 aliphatic carbocycles. The molecule has 0 radical (unpaired) electrons. The summed E-state index contributed by atoms with van der Waals surface area (Å²) in [5, 5.41) is 7.60. The van der Waals surface area contributed by atoms with Gasteiger partial charge in [-0.3, -0.25) is 9.69 Å². The minimum atomic E-state index is -2.33. The molecule has 0 atom stereocenters. The van der Waals surface area contributed by atoms with Crippen molar-refractivity contribution in [3.05, 3.63) is 46.7 Å². The van der Waals surface area contributed by atoms with Gasteiger partial charge in [0.1, 0.15) is 5.15 Å². The Morgan fingerprint density at radius 3 is 2.58 bits per heavy atom. The van der Waals surface area contributed by atoms with Gasteiger partial charge in [-0.15, -0.1) is 0 Å². The number of para-hydroxylation sites is 1. The Hall–Kier alpha value is -1.99. The number of rotatable bonds is 5. The van der Waals surface area contributed by atoms with Crippen LogP contribution in [0.1, 0.15) is 28.9 Å². The van der Waals surface area contributed by atoms with E-state index in [1.54, 1.807) is 11.8 Å². The molecule has 2 aromatic rings. The van der Waals surface area contributed by atoms with E-state index < -0.39 is 6.43 Å². The Kier molecular flexibility index (Phi) is 5.88. The maximum absolute atomic E-state index is 12.7. The molecule has 0 unspecified atom stereocenters. The van der Waals surface area contributed by atoms with Crippen molar-refractivity contribution < 1.29 is 13.6 Å². The van der Waals surface area contributed by atoms with Gasteiger partial charge < -0.3 is 5.32 Å². The topological polar surface area (TPSA) is 50.2 Å². The van der Waals surface area contributed by atoms with E-state index >= 15 is 0 Å². The smallest absolute Gasteiger partial charge is 0.256 e. The highest BCUT2D eigenvalue weighted by Crippen LogP contribution is 2.24. The first-order valence-electron chi connectivity index (χ1n) is 8.57. The summed E-state index contributed by atoms with van der Waals surface area (Å²) >= 11 is 6.41. The lowest BCUT2D eigenvalue weighted by atomic mass is 10.0. The van der Waals surface area contributed by atoms with E-state index in [0.29, 0.717) is 37.2 Å². The van der Waals surface area contributed by atoms with Crippen molar-refractivity contribution in [1.82, 2.24) is 20.0 Å². The van der Waals surface area contributed by atoms with Gasteiger partial charge in [0, 0.05) is 19.1 Å². The molecule has 3 rings (SSSR count). The quantitative estimate of drug-likeness (QED) is 0.863. The highest BCUT2D eigenvalue weighted by molar-refractivity contribution is 6.33. The SMILES string of the molecule is Cc1nn(-c2ccccc2)c(Cl)c1C(=O)NC1CCN(CC(F)F)CC1. The monoisotopic (exact) mass is 382 g/mol. The van der Waals surface area contributed by atoms with Gasteiger partial charge in [-0.1, -0.05) is 29.8 Å². The number of nitrogens with zero attached hydrogens (tertiary/aromatic N) is 3. The maximum Gasteiger partial charge on any atom is 0.256 e. The molecule has 26 heavy (non-hydrogen) atoms. The maximum atomic E-state index is 12.7. The number of hydrogen-bond donors (Lipinski definition) is 1. The van der Waals surface area contributed by atoms with Crippen molar-refractivity contribution in [2.45, 2.75) is 32.2 Å². The second-order valence-corrected chi connectivity index (χ2v) is 6.80. The number of piperidine rings is 1. The number of halogens is 3. The average Bonchev–Trinajstić information content (AvgIpc) is 2.91. The number of hydrogen-bond acceptors (Lipinski definition) is 3. The van der Waals surface area contributed by atoms with E-state index in [1.807, 2.05) is 30.3 Å². The number of amides is 1. The second-order valence-electron chi connectivity index (χ2n) is 6.44. The lowest BCUT2D eigenvalue weighted by Crippen LogP contribution is -2.45. The van der Waals surface area contributed by atoms with Crippen LogP contribution in [0.2, 0.25) is 5.15 Å². The van der Waals surface area contributed by atoms with E-state index in [9.17, 15) is 13.6 Å². The van der Waals surface area contributed by atoms with Crippen molar-refractivity contribution in [2.75, 3.05) is 19.6 Å². The van der Waals surface area contributed by atoms with Crippen LogP contribution >= 0.6 is 11.6 Å². The largest absolute Gasteiger partial charge is 0.349 e. The van der Waals surface area contributed by atoms with E-state index in [-0.39, 0.29) is 23.6 Å². The third-order valence-corrected chi connectivity index (χ3v) is 4.90. The molecule has 1 fully saturated rings. The van der Waals surface area contributed by atoms with Gasteiger partial charge in [0.25, 0.3) is 12.3 Å². The Bertz CT molecular complexity index is 758. The first-order valence-corrected chi connectivity index (χ1v) is 8.95. The van der Waals surface area contributed by atoms with Crippen molar-refractivity contribution in [3.8, 4) is 5.69 Å². The molecule has 1 amide bonds. The van der Waals surface area contributed by atoms with Crippen molar-refractivity contribution in [2.24, 2.45) is 0 Å². The fourth-order valence-electron chi connectivity index (χ4n) is 3.21. The number of nitrogens with one attached hydrogen (secondary N) is 1. The number of aryl methyl sites for hydroxylation is 1. The van der Waals surface area contributed by atoms with Crippen molar-refractivity contribution >= 4 is 17.5 Å². The molecular weight excluding hydrogens is 362 g/mol. The molecule has 2 heterocycles. The number of likely N-dealkylation sites (tertiary alicyclic amines) is 1. The molecular formula is C18H21ClF2N4O. The molecule has 8 heteroatoms. The predicted octanol–water partition coefficient (Wildman–Crippen LogP) is 3.29. The van der Waals surface area contributed by atoms with Crippen LogP contribution in [0.15, 0.2) is 30.3 Å². The number of carbonyl (C=O) groups is 1. The van der Waals surface area contributed by atoms with E-state index in [1.165, 1.54) is 4.68 Å². The van der Waals surface area contributed by atoms with Crippen molar-refractivity contribution in [1.29, 1.82) is 0 Å². The van der Waals surface area contributed by atoms with Gasteiger partial charge in [0.05, 0.1) is 23.5 Å². The Morgan fingerprint density at radius 2 is 1.96 bits per heavy atom. The van der Waals surface area contributed by atoms with Gasteiger partial charge in [-0.05, 0) is 31.9 Å². The Labute approximate surface area is 155 Å². The molecule has 1 aliphatic heterocycles. The summed E-state index contributed by atoms with van der Waals surface area (Å²) in [5.41, 5.74) is 1.68. The molecule has 0 spiro atoms. The number of benzene rings is 1. The van der Waals surface area contributed by atoms with E-state index in [4.69, 9.17) is 11.6 Å². The zero-order valence-electron chi connectivity index (χ0n) is 14.5. The first-order chi connectivity index (χ1) is 12.5. The number of aromatic nitrogens is 2. The molecule has 0 bridgehead atoms. The summed E-state index contributed by atoms with van der Waals surface area (Å²) in [6.45, 7) is 2.62. The minimum Gasteiger partial charge on any atom is -0.349 e. The third-order valence-electron chi connectivity index (χ3n) is 4.55. The van der Waals surface area contributed by atoms with Crippen LogP contribution in [0.3, 0.4) is 0 Å². The van der Waals surface area contributed by atoms with Crippen LogP contribution in [0, 0.1) is 6.92 Å². The summed E-state index contributed by atoms with van der Waals surface area (Å²) < 4.78 is 26.4. The fraction of sp³-hybridized carbons (Fsp3) is 0.444. The number of alkyl halides is 2. The van der Waals surface area contributed by atoms with Gasteiger partial charge in [-0.2, -0.15) is 5.10 Å².